The fourth-order valence-electron chi connectivity index (χ4n) is 1.22. The van der Waals surface area contributed by atoms with E-state index in [9.17, 15) is 14.3 Å². The zero-order valence-electron chi connectivity index (χ0n) is 8.35. The molecule has 0 saturated carbocycles. The molecule has 0 heterocycles. The molecular formula is C9H17O4P. The summed E-state index contributed by atoms with van der Waals surface area (Å²) in [4.78, 5) is 19.9. The maximum atomic E-state index is 11.4. The van der Waals surface area contributed by atoms with Gasteiger partial charge in [-0.2, -0.15) is 0 Å². The summed E-state index contributed by atoms with van der Waals surface area (Å²) in [6.07, 6.45) is 3.87. The SMILES string of the molecule is C=CCC(CCCC)P(=O)(O)C(=O)O. The molecule has 0 aliphatic heterocycles. The standard InChI is InChI=1S/C9H17O4P/c1-3-5-7-8(6-4-2)14(12,13)9(10)11/h4,8H,2-3,5-7H2,1H3,(H,10,11)(H,12,13). The van der Waals surface area contributed by atoms with Crippen LogP contribution in [0.3, 0.4) is 0 Å². The molecule has 2 N–H and O–H groups in total. The third-order valence-electron chi connectivity index (χ3n) is 2.10. The van der Waals surface area contributed by atoms with Gasteiger partial charge < -0.3 is 10.00 Å². The molecule has 0 amide bonds. The summed E-state index contributed by atoms with van der Waals surface area (Å²) in [6.45, 7) is 5.41. The van der Waals surface area contributed by atoms with Crippen LogP contribution in [0.25, 0.3) is 0 Å². The van der Waals surface area contributed by atoms with Gasteiger partial charge in [0.1, 0.15) is 0 Å². The van der Waals surface area contributed by atoms with Gasteiger partial charge in [-0.3, -0.25) is 4.57 Å². The van der Waals surface area contributed by atoms with Crippen molar-refractivity contribution in [2.45, 2.75) is 38.3 Å². The smallest absolute Gasteiger partial charge is 0.389 e. The van der Waals surface area contributed by atoms with Gasteiger partial charge in [0, 0.05) is 5.66 Å². The Labute approximate surface area is 84.1 Å². The number of carboxylic acid groups (broad SMARTS) is 1. The fourth-order valence-corrected chi connectivity index (χ4v) is 2.50. The highest BCUT2D eigenvalue weighted by molar-refractivity contribution is 7.75. The van der Waals surface area contributed by atoms with Gasteiger partial charge in [-0.05, 0) is 12.8 Å². The van der Waals surface area contributed by atoms with Crippen molar-refractivity contribution in [3.8, 4) is 0 Å². The Morgan fingerprint density at radius 2 is 2.21 bits per heavy atom. The van der Waals surface area contributed by atoms with Gasteiger partial charge in [0.15, 0.2) is 0 Å². The van der Waals surface area contributed by atoms with Crippen LogP contribution >= 0.6 is 7.37 Å². The topological polar surface area (TPSA) is 74.6 Å². The molecule has 4 nitrogen and oxygen atoms in total. The molecule has 2 atom stereocenters. The second-order valence-corrected chi connectivity index (χ2v) is 5.58. The van der Waals surface area contributed by atoms with Crippen LogP contribution in [0.4, 0.5) is 4.79 Å². The summed E-state index contributed by atoms with van der Waals surface area (Å²) in [5, 5.41) is 8.59. The van der Waals surface area contributed by atoms with E-state index in [0.29, 0.717) is 6.42 Å². The van der Waals surface area contributed by atoms with Gasteiger partial charge in [-0.15, -0.1) is 6.58 Å². The van der Waals surface area contributed by atoms with Crippen LogP contribution < -0.4 is 0 Å². The first-order chi connectivity index (χ1) is 6.46. The second kappa shape index (κ2) is 5.99. The van der Waals surface area contributed by atoms with E-state index in [1.165, 1.54) is 6.08 Å². The summed E-state index contributed by atoms with van der Waals surface area (Å²) in [7, 11) is -4.08. The van der Waals surface area contributed by atoms with Gasteiger partial charge in [0.25, 0.3) is 0 Å². The summed E-state index contributed by atoms with van der Waals surface area (Å²) in [6, 6.07) is 0. The van der Waals surface area contributed by atoms with Crippen molar-refractivity contribution >= 4 is 13.1 Å². The molecule has 0 aromatic carbocycles. The number of rotatable bonds is 7. The van der Waals surface area contributed by atoms with E-state index in [1.807, 2.05) is 6.92 Å². The van der Waals surface area contributed by atoms with Gasteiger partial charge in [0.2, 0.25) is 0 Å². The van der Waals surface area contributed by atoms with Crippen LogP contribution in [0, 0.1) is 0 Å². The molecule has 0 aromatic heterocycles. The normalized spacial score (nSPS) is 17.0. The lowest BCUT2D eigenvalue weighted by Crippen LogP contribution is -2.13. The van der Waals surface area contributed by atoms with Crippen LogP contribution in [0.2, 0.25) is 0 Å². The van der Waals surface area contributed by atoms with Crippen LogP contribution in [0.5, 0.6) is 0 Å². The maximum absolute atomic E-state index is 11.4. The molecule has 0 rings (SSSR count). The van der Waals surface area contributed by atoms with Crippen molar-refractivity contribution in [2.75, 3.05) is 0 Å². The Bertz CT molecular complexity index is 249. The van der Waals surface area contributed by atoms with E-state index in [0.717, 1.165) is 12.8 Å². The number of hydrogen-bond acceptors (Lipinski definition) is 2. The third-order valence-corrected chi connectivity index (χ3v) is 4.11. The zero-order valence-corrected chi connectivity index (χ0v) is 9.24. The van der Waals surface area contributed by atoms with Crippen molar-refractivity contribution in [3.05, 3.63) is 12.7 Å². The summed E-state index contributed by atoms with van der Waals surface area (Å²) < 4.78 is 11.4. The van der Waals surface area contributed by atoms with E-state index in [-0.39, 0.29) is 6.42 Å². The van der Waals surface area contributed by atoms with Crippen molar-refractivity contribution in [1.82, 2.24) is 0 Å². The number of hydrogen-bond donors (Lipinski definition) is 2. The summed E-state index contributed by atoms with van der Waals surface area (Å²) in [5.74, 6) is 0. The molecule has 2 unspecified atom stereocenters. The molecule has 5 heteroatoms. The predicted octanol–water partition coefficient (Wildman–Crippen LogP) is 3.07. The Balaban J connectivity index is 4.54. The minimum absolute atomic E-state index is 0.278. The second-order valence-electron chi connectivity index (χ2n) is 3.23. The highest BCUT2D eigenvalue weighted by atomic mass is 31.2. The first-order valence-electron chi connectivity index (χ1n) is 4.63. The predicted molar refractivity (Wildman–Crippen MR) is 56.0 cm³/mol. The molecule has 0 spiro atoms. The Kier molecular flexibility index (Phi) is 5.73. The molecule has 14 heavy (non-hydrogen) atoms. The van der Waals surface area contributed by atoms with Gasteiger partial charge in [-0.25, -0.2) is 4.79 Å². The van der Waals surface area contributed by atoms with E-state index in [4.69, 9.17) is 5.11 Å². The highest BCUT2D eigenvalue weighted by Gasteiger charge is 2.37. The van der Waals surface area contributed by atoms with Crippen molar-refractivity contribution in [2.24, 2.45) is 0 Å². The quantitative estimate of drug-likeness (QED) is 0.510. The molecule has 0 radical (unpaired) electrons. The third kappa shape index (κ3) is 3.64. The molecule has 0 saturated heterocycles. The Morgan fingerprint density at radius 3 is 2.57 bits per heavy atom. The van der Waals surface area contributed by atoms with E-state index < -0.39 is 18.7 Å². The maximum Gasteiger partial charge on any atom is 0.389 e. The monoisotopic (exact) mass is 220 g/mol. The van der Waals surface area contributed by atoms with Crippen LogP contribution in [-0.2, 0) is 4.57 Å². The molecular weight excluding hydrogens is 203 g/mol. The largest absolute Gasteiger partial charge is 0.474 e. The molecule has 0 aliphatic rings. The van der Waals surface area contributed by atoms with Gasteiger partial charge in [0.05, 0.1) is 0 Å². The van der Waals surface area contributed by atoms with Gasteiger partial charge in [-0.1, -0.05) is 25.8 Å². The van der Waals surface area contributed by atoms with Crippen LogP contribution in [-0.4, -0.2) is 21.4 Å². The lowest BCUT2D eigenvalue weighted by molar-refractivity contribution is 0.214. The lowest BCUT2D eigenvalue weighted by atomic mass is 10.1. The van der Waals surface area contributed by atoms with Crippen molar-refractivity contribution in [3.63, 3.8) is 0 Å². The van der Waals surface area contributed by atoms with Gasteiger partial charge >= 0.3 is 13.1 Å². The van der Waals surface area contributed by atoms with E-state index in [1.54, 1.807) is 0 Å². The number of carbonyl (C=O) groups is 1. The molecule has 0 aliphatic carbocycles. The molecule has 82 valence electrons. The van der Waals surface area contributed by atoms with Crippen LogP contribution in [0.15, 0.2) is 12.7 Å². The zero-order chi connectivity index (χ0) is 11.2. The fraction of sp³-hybridized carbons (Fsp3) is 0.667. The minimum atomic E-state index is -4.08. The average Bonchev–Trinajstić information content (AvgIpc) is 2.11. The molecule has 0 aromatic rings. The lowest BCUT2D eigenvalue weighted by Gasteiger charge is -2.17. The Hall–Kier alpha value is -0.600. The molecule has 0 fully saturated rings. The highest BCUT2D eigenvalue weighted by Crippen LogP contribution is 2.50. The number of unbranched alkanes of at least 4 members (excludes halogenated alkanes) is 1. The van der Waals surface area contributed by atoms with E-state index in [2.05, 4.69) is 6.58 Å². The first-order valence-corrected chi connectivity index (χ1v) is 6.36. The number of allylic oxidation sites excluding steroid dienone is 1. The summed E-state index contributed by atoms with van der Waals surface area (Å²) in [5.41, 5.74) is -2.28. The first kappa shape index (κ1) is 13.4. The van der Waals surface area contributed by atoms with Crippen LogP contribution in [0.1, 0.15) is 32.6 Å². The van der Waals surface area contributed by atoms with E-state index >= 15 is 0 Å². The Morgan fingerprint density at radius 1 is 1.64 bits per heavy atom. The molecule has 0 bridgehead atoms. The van der Waals surface area contributed by atoms with Crippen molar-refractivity contribution < 1.29 is 19.4 Å². The van der Waals surface area contributed by atoms with Crippen molar-refractivity contribution in [1.29, 1.82) is 0 Å². The average molecular weight is 220 g/mol. The minimum Gasteiger partial charge on any atom is -0.474 e. The summed E-state index contributed by atoms with van der Waals surface area (Å²) >= 11 is 0.